The number of rotatable bonds is 3. The van der Waals surface area contributed by atoms with Crippen molar-refractivity contribution in [1.82, 2.24) is 0 Å². The molecule has 1 amide bonds. The van der Waals surface area contributed by atoms with Crippen molar-refractivity contribution in [2.24, 2.45) is 0 Å². The molecule has 0 saturated heterocycles. The minimum atomic E-state index is -0.259. The number of amides is 1. The number of carbonyl (C=O) groups is 1. The molecule has 1 aliphatic heterocycles. The summed E-state index contributed by atoms with van der Waals surface area (Å²) in [5, 5.41) is -0.209. The van der Waals surface area contributed by atoms with Crippen LogP contribution in [-0.4, -0.2) is 17.2 Å². The molecule has 0 saturated carbocycles. The van der Waals surface area contributed by atoms with Gasteiger partial charge in [0, 0.05) is 16.6 Å². The molecule has 0 bridgehead atoms. The quantitative estimate of drug-likeness (QED) is 0.788. The first-order valence-corrected chi connectivity index (χ1v) is 8.27. The molecule has 1 heterocycles. The van der Waals surface area contributed by atoms with Crippen LogP contribution in [0.1, 0.15) is 19.4 Å². The van der Waals surface area contributed by atoms with Crippen LogP contribution in [0.25, 0.3) is 0 Å². The van der Waals surface area contributed by atoms with Crippen LogP contribution in [0.5, 0.6) is 0 Å². The third-order valence-electron chi connectivity index (χ3n) is 3.92. The topological polar surface area (TPSA) is 20.3 Å². The van der Waals surface area contributed by atoms with E-state index >= 15 is 0 Å². The number of nitrogens with zero attached hydrogens (tertiary/aromatic N) is 1. The molecule has 114 valence electrons. The second kappa shape index (κ2) is 6.13. The van der Waals surface area contributed by atoms with Gasteiger partial charge in [-0.15, -0.1) is 11.8 Å². The van der Waals surface area contributed by atoms with Gasteiger partial charge in [0.2, 0.25) is 5.91 Å². The van der Waals surface area contributed by atoms with E-state index in [0.29, 0.717) is 0 Å². The van der Waals surface area contributed by atoms with Gasteiger partial charge >= 0.3 is 0 Å². The summed E-state index contributed by atoms with van der Waals surface area (Å²) in [5.74, 6) is -0.155. The number of benzene rings is 2. The smallest absolute Gasteiger partial charge is 0.240 e. The molecule has 0 aliphatic carbocycles. The number of para-hydroxylation sites is 1. The van der Waals surface area contributed by atoms with Crippen molar-refractivity contribution in [2.45, 2.75) is 36.5 Å². The van der Waals surface area contributed by atoms with Gasteiger partial charge in [-0.05, 0) is 56.2 Å². The molecular formula is C18H18FNOS. The minimum absolute atomic E-state index is 0.103. The summed E-state index contributed by atoms with van der Waals surface area (Å²) in [4.78, 5) is 15.6. The van der Waals surface area contributed by atoms with Gasteiger partial charge in [-0.3, -0.25) is 4.79 Å². The van der Waals surface area contributed by atoms with Gasteiger partial charge in [-0.25, -0.2) is 4.39 Å². The van der Waals surface area contributed by atoms with Gasteiger partial charge in [0.1, 0.15) is 5.82 Å². The van der Waals surface area contributed by atoms with Crippen LogP contribution >= 0.6 is 11.8 Å². The minimum Gasteiger partial charge on any atom is -0.308 e. The van der Waals surface area contributed by atoms with E-state index in [1.165, 1.54) is 29.5 Å². The Bertz CT molecular complexity index is 686. The van der Waals surface area contributed by atoms with E-state index in [-0.39, 0.29) is 23.0 Å². The number of fused-ring (bicyclic) bond motifs is 1. The number of thioether (sulfide) groups is 1. The third kappa shape index (κ3) is 2.88. The fourth-order valence-corrected chi connectivity index (χ4v) is 3.78. The van der Waals surface area contributed by atoms with Crippen LogP contribution in [0, 0.1) is 5.82 Å². The van der Waals surface area contributed by atoms with E-state index in [1.807, 2.05) is 30.0 Å². The lowest BCUT2D eigenvalue weighted by Crippen LogP contribution is -2.40. The Morgan fingerprint density at radius 1 is 1.23 bits per heavy atom. The standard InChI is InChI=1S/C18H18FNOS/c1-12-11-14-5-3-4-6-17(14)20(12)18(21)13(2)22-16-9-7-15(19)8-10-16/h3-10,12-13H,11H2,1-2H3/t12-,13+/m1/s1. The molecular weight excluding hydrogens is 297 g/mol. The van der Waals surface area contributed by atoms with Gasteiger partial charge in [0.05, 0.1) is 5.25 Å². The Morgan fingerprint density at radius 3 is 2.64 bits per heavy atom. The SMILES string of the molecule is C[C@H](Sc1ccc(F)cc1)C(=O)N1c2ccccc2C[C@H]1C. The Kier molecular flexibility index (Phi) is 4.21. The lowest BCUT2D eigenvalue weighted by Gasteiger charge is -2.25. The molecule has 0 unspecified atom stereocenters. The van der Waals surface area contributed by atoms with Gasteiger partial charge in [-0.1, -0.05) is 18.2 Å². The van der Waals surface area contributed by atoms with E-state index in [4.69, 9.17) is 0 Å². The zero-order valence-corrected chi connectivity index (χ0v) is 13.4. The number of anilines is 1. The van der Waals surface area contributed by atoms with Crippen LogP contribution in [0.2, 0.25) is 0 Å². The molecule has 1 aliphatic rings. The molecule has 0 fully saturated rings. The van der Waals surface area contributed by atoms with E-state index in [9.17, 15) is 9.18 Å². The molecule has 2 aromatic rings. The first kappa shape index (κ1) is 15.1. The first-order valence-electron chi connectivity index (χ1n) is 7.39. The van der Waals surface area contributed by atoms with E-state index < -0.39 is 0 Å². The van der Waals surface area contributed by atoms with Crippen LogP contribution in [-0.2, 0) is 11.2 Å². The molecule has 3 rings (SSSR count). The zero-order valence-electron chi connectivity index (χ0n) is 12.6. The summed E-state index contributed by atoms with van der Waals surface area (Å²) >= 11 is 1.47. The number of hydrogen-bond donors (Lipinski definition) is 0. The molecule has 0 aromatic heterocycles. The largest absolute Gasteiger partial charge is 0.308 e. The van der Waals surface area contributed by atoms with Crippen molar-refractivity contribution in [3.63, 3.8) is 0 Å². The molecule has 0 N–H and O–H groups in total. The normalized spacial score (nSPS) is 18.1. The van der Waals surface area contributed by atoms with E-state index in [0.717, 1.165) is 17.0 Å². The summed E-state index contributed by atoms with van der Waals surface area (Å²) < 4.78 is 13.0. The van der Waals surface area contributed by atoms with Crippen LogP contribution in [0.4, 0.5) is 10.1 Å². The van der Waals surface area contributed by atoms with Crippen LogP contribution in [0.15, 0.2) is 53.4 Å². The predicted octanol–water partition coefficient (Wildman–Crippen LogP) is 4.28. The highest BCUT2D eigenvalue weighted by atomic mass is 32.2. The lowest BCUT2D eigenvalue weighted by molar-refractivity contribution is -0.118. The van der Waals surface area contributed by atoms with E-state index in [1.54, 1.807) is 12.1 Å². The fraction of sp³-hybridized carbons (Fsp3) is 0.278. The fourth-order valence-electron chi connectivity index (χ4n) is 2.86. The van der Waals surface area contributed by atoms with Crippen LogP contribution in [0.3, 0.4) is 0 Å². The third-order valence-corrected chi connectivity index (χ3v) is 5.02. The van der Waals surface area contributed by atoms with Crippen molar-refractivity contribution in [3.8, 4) is 0 Å². The molecule has 2 atom stereocenters. The summed E-state index contributed by atoms with van der Waals surface area (Å²) in [5.41, 5.74) is 2.24. The number of hydrogen-bond acceptors (Lipinski definition) is 2. The van der Waals surface area contributed by atoms with Crippen molar-refractivity contribution >= 4 is 23.4 Å². The highest BCUT2D eigenvalue weighted by Gasteiger charge is 2.33. The van der Waals surface area contributed by atoms with Gasteiger partial charge < -0.3 is 4.90 Å². The van der Waals surface area contributed by atoms with Crippen molar-refractivity contribution in [1.29, 1.82) is 0 Å². The lowest BCUT2D eigenvalue weighted by atomic mass is 10.1. The first-order chi connectivity index (χ1) is 10.6. The highest BCUT2D eigenvalue weighted by molar-refractivity contribution is 8.00. The maximum absolute atomic E-state index is 13.0. The average molecular weight is 315 g/mol. The van der Waals surface area contributed by atoms with Gasteiger partial charge in [0.25, 0.3) is 0 Å². The highest BCUT2D eigenvalue weighted by Crippen LogP contribution is 2.34. The van der Waals surface area contributed by atoms with Gasteiger partial charge in [-0.2, -0.15) is 0 Å². The van der Waals surface area contributed by atoms with Crippen LogP contribution < -0.4 is 4.90 Å². The Labute approximate surface area is 134 Å². The zero-order chi connectivity index (χ0) is 15.7. The molecule has 0 radical (unpaired) electrons. The average Bonchev–Trinajstić information content (AvgIpc) is 2.84. The summed E-state index contributed by atoms with van der Waals surface area (Å²) in [6, 6.07) is 14.5. The van der Waals surface area contributed by atoms with Crippen molar-refractivity contribution in [2.75, 3.05) is 4.90 Å². The molecule has 22 heavy (non-hydrogen) atoms. The molecule has 2 nitrogen and oxygen atoms in total. The summed E-state index contributed by atoms with van der Waals surface area (Å²) in [7, 11) is 0. The van der Waals surface area contributed by atoms with E-state index in [2.05, 4.69) is 13.0 Å². The molecule has 4 heteroatoms. The number of halogens is 1. The maximum Gasteiger partial charge on any atom is 0.240 e. The van der Waals surface area contributed by atoms with Gasteiger partial charge in [0.15, 0.2) is 0 Å². The Morgan fingerprint density at radius 2 is 1.91 bits per heavy atom. The van der Waals surface area contributed by atoms with Crippen molar-refractivity contribution < 1.29 is 9.18 Å². The Balaban J connectivity index is 1.77. The predicted molar refractivity (Wildman–Crippen MR) is 88.8 cm³/mol. The summed E-state index contributed by atoms with van der Waals surface area (Å²) in [6.07, 6.45) is 0.899. The molecule has 0 spiro atoms. The Hall–Kier alpha value is -1.81. The molecule has 2 aromatic carbocycles. The maximum atomic E-state index is 13.0. The summed E-state index contributed by atoms with van der Waals surface area (Å²) in [6.45, 7) is 3.98. The monoisotopic (exact) mass is 315 g/mol. The van der Waals surface area contributed by atoms with Crippen molar-refractivity contribution in [3.05, 3.63) is 59.9 Å². The number of carbonyl (C=O) groups excluding carboxylic acids is 1. The second-order valence-corrected chi connectivity index (χ2v) is 7.02. The second-order valence-electron chi connectivity index (χ2n) is 5.60.